The van der Waals surface area contributed by atoms with Gasteiger partial charge < -0.3 is 53.8 Å². The Labute approximate surface area is 366 Å². The van der Waals surface area contributed by atoms with Gasteiger partial charge in [0.2, 0.25) is 0 Å². The van der Waals surface area contributed by atoms with Gasteiger partial charge in [-0.05, 0) is 103 Å². The van der Waals surface area contributed by atoms with Gasteiger partial charge in [0.25, 0.3) is 0 Å². The molecule has 0 aliphatic heterocycles. The largest absolute Gasteiger partial charge is 0.497 e. The highest BCUT2D eigenvalue weighted by Crippen LogP contribution is 2.26. The molecule has 13 nitrogen and oxygen atoms in total. The molecular weight excluding hydrogens is 787 g/mol. The van der Waals surface area contributed by atoms with Crippen LogP contribution >= 0.6 is 0 Å². The third kappa shape index (κ3) is 15.5. The summed E-state index contributed by atoms with van der Waals surface area (Å²) in [7, 11) is 15.1. The van der Waals surface area contributed by atoms with Crippen molar-refractivity contribution in [2.24, 2.45) is 0 Å². The second-order valence-electron chi connectivity index (χ2n) is 15.7. The number of anilines is 2. The van der Waals surface area contributed by atoms with Gasteiger partial charge >= 0.3 is 12.2 Å². The molecule has 0 saturated heterocycles. The Hall–Kier alpha value is -6.60. The summed E-state index contributed by atoms with van der Waals surface area (Å²) in [5.74, 6) is 2.46. The number of hydrogen-bond acceptors (Lipinski definition) is 11. The molecule has 0 spiro atoms. The van der Waals surface area contributed by atoms with E-state index in [1.165, 1.54) is 0 Å². The molecule has 0 aliphatic rings. The van der Waals surface area contributed by atoms with Crippen LogP contribution in [0.25, 0.3) is 0 Å². The van der Waals surface area contributed by atoms with Crippen LogP contribution in [0.4, 0.5) is 21.0 Å². The highest BCUT2D eigenvalue weighted by atomic mass is 16.6. The fraction of sp³-hybridized carbons (Fsp3) is 0.347. The Morgan fingerprint density at radius 1 is 0.500 bits per heavy atom. The lowest BCUT2D eigenvalue weighted by molar-refractivity contribution is 0.0632. The third-order valence-corrected chi connectivity index (χ3v) is 9.83. The summed E-state index contributed by atoms with van der Waals surface area (Å²) in [4.78, 5) is 32.5. The maximum absolute atomic E-state index is 13.2. The van der Waals surface area contributed by atoms with Crippen LogP contribution in [0, 0.1) is 0 Å². The predicted octanol–water partition coefficient (Wildman–Crippen LogP) is 7.73. The molecule has 5 rings (SSSR count). The van der Waals surface area contributed by atoms with Gasteiger partial charge in [-0.15, -0.1) is 0 Å². The van der Waals surface area contributed by atoms with Crippen molar-refractivity contribution in [1.82, 2.24) is 15.5 Å². The van der Waals surface area contributed by atoms with E-state index in [0.717, 1.165) is 39.2 Å². The monoisotopic (exact) mass is 847 g/mol. The van der Waals surface area contributed by atoms with Crippen molar-refractivity contribution in [3.8, 4) is 23.0 Å². The predicted molar refractivity (Wildman–Crippen MR) is 244 cm³/mol. The fourth-order valence-corrected chi connectivity index (χ4v) is 6.58. The molecule has 62 heavy (non-hydrogen) atoms. The van der Waals surface area contributed by atoms with E-state index in [0.29, 0.717) is 55.5 Å². The zero-order chi connectivity index (χ0) is 44.4. The van der Waals surface area contributed by atoms with E-state index in [1.807, 2.05) is 166 Å². The molecule has 2 atom stereocenters. The summed E-state index contributed by atoms with van der Waals surface area (Å²) in [6.07, 6.45) is -1.64. The van der Waals surface area contributed by atoms with Crippen LogP contribution in [-0.2, 0) is 41.9 Å². The van der Waals surface area contributed by atoms with Gasteiger partial charge in [-0.3, -0.25) is 0 Å². The third-order valence-electron chi connectivity index (χ3n) is 9.83. The molecular formula is C49H61N5O8. The summed E-state index contributed by atoms with van der Waals surface area (Å²) in [6.45, 7) is 1.35. The highest BCUT2D eigenvalue weighted by Gasteiger charge is 2.20. The maximum atomic E-state index is 13.2. The smallest absolute Gasteiger partial charge is 0.407 e. The molecule has 0 aromatic heterocycles. The minimum absolute atomic E-state index is 0.0621. The van der Waals surface area contributed by atoms with E-state index in [2.05, 4.69) is 10.6 Å². The summed E-state index contributed by atoms with van der Waals surface area (Å²) in [6, 6.07) is 36.9. The average molecular weight is 848 g/mol. The van der Waals surface area contributed by atoms with Crippen molar-refractivity contribution in [1.29, 1.82) is 0 Å². The number of carbonyl (C=O) groups is 2. The van der Waals surface area contributed by atoms with Gasteiger partial charge in [0, 0.05) is 78.1 Å². The Morgan fingerprint density at radius 3 is 1.27 bits per heavy atom. The Bertz CT molecular complexity index is 2020. The second-order valence-corrected chi connectivity index (χ2v) is 15.7. The van der Waals surface area contributed by atoms with Crippen LogP contribution in [0.2, 0.25) is 0 Å². The van der Waals surface area contributed by atoms with Crippen LogP contribution < -0.4 is 39.4 Å². The number of benzene rings is 5. The first kappa shape index (κ1) is 46.5. The molecule has 330 valence electrons. The fourth-order valence-electron chi connectivity index (χ4n) is 6.58. The van der Waals surface area contributed by atoms with Gasteiger partial charge in [-0.1, -0.05) is 48.5 Å². The Balaban J connectivity index is 1.29. The van der Waals surface area contributed by atoms with Gasteiger partial charge in [-0.25, -0.2) is 9.59 Å². The van der Waals surface area contributed by atoms with E-state index in [1.54, 1.807) is 20.3 Å². The van der Waals surface area contributed by atoms with Crippen LogP contribution in [0.1, 0.15) is 27.8 Å². The lowest BCUT2D eigenvalue weighted by Gasteiger charge is -2.22. The number of rotatable bonds is 22. The zero-order valence-corrected chi connectivity index (χ0v) is 37.2. The first-order valence-electron chi connectivity index (χ1n) is 20.6. The molecule has 0 radical (unpaired) electrons. The van der Waals surface area contributed by atoms with Crippen molar-refractivity contribution in [3.05, 3.63) is 143 Å². The van der Waals surface area contributed by atoms with Gasteiger partial charge in [0.15, 0.2) is 0 Å². The lowest BCUT2D eigenvalue weighted by Crippen LogP contribution is -2.33. The topological polar surface area (TPSA) is 123 Å². The molecule has 0 saturated carbocycles. The molecule has 0 aliphatic carbocycles. The quantitative estimate of drug-likeness (QED) is 0.0712. The molecule has 2 amide bonds. The minimum atomic E-state index is -0.648. The normalized spacial score (nSPS) is 11.8. The van der Waals surface area contributed by atoms with E-state index < -0.39 is 24.4 Å². The van der Waals surface area contributed by atoms with Crippen LogP contribution in [0.5, 0.6) is 23.0 Å². The van der Waals surface area contributed by atoms with Crippen molar-refractivity contribution in [3.63, 3.8) is 0 Å². The van der Waals surface area contributed by atoms with Crippen LogP contribution in [0.3, 0.4) is 0 Å². The summed E-state index contributed by atoms with van der Waals surface area (Å²) >= 11 is 0. The zero-order valence-electron chi connectivity index (χ0n) is 37.2. The van der Waals surface area contributed by atoms with E-state index in [4.69, 9.17) is 28.4 Å². The van der Waals surface area contributed by atoms with Crippen molar-refractivity contribution in [2.75, 3.05) is 79.5 Å². The van der Waals surface area contributed by atoms with Crippen LogP contribution in [0.15, 0.2) is 115 Å². The lowest BCUT2D eigenvalue weighted by atomic mass is 10.1. The summed E-state index contributed by atoms with van der Waals surface area (Å²) in [5.41, 5.74) is 6.80. The van der Waals surface area contributed by atoms with Crippen molar-refractivity contribution in [2.45, 2.75) is 44.7 Å². The molecule has 0 heterocycles. The average Bonchev–Trinajstić information content (AvgIpc) is 3.26. The standard InChI is InChI=1S/C49H61N5O8/c1-52(2)32-39-27-44(59-33-46(25-37-11-9-13-42(23-37)57-7)61-48(55)50-30-35-15-19-40(20-16-35)53(3)4)29-45(28-39)60-34-47(26-38-12-10-14-43(24-38)58-8)62-49(56)51-31-36-17-21-41(22-18-36)54(5)6/h9-24,27-29,46-47H,25-26,30-34H2,1-8H3,(H,50,55)(H,51,56). The minimum Gasteiger partial charge on any atom is -0.497 e. The number of methoxy groups -OCH3 is 2. The SMILES string of the molecule is COc1cccc(CC(COc2cc(CN(C)C)cc(OCC(Cc3cccc(OC)c3)OC(=O)NCc3ccc(N(C)C)cc3)c2)OC(=O)NCc2ccc(N(C)C)cc2)c1. The van der Waals surface area contributed by atoms with E-state index in [-0.39, 0.29) is 13.2 Å². The highest BCUT2D eigenvalue weighted by molar-refractivity contribution is 5.68. The second kappa shape index (κ2) is 23.4. The number of nitrogens with one attached hydrogen (secondary N) is 2. The number of amides is 2. The molecule has 5 aromatic carbocycles. The Kier molecular flexibility index (Phi) is 17.5. The van der Waals surface area contributed by atoms with Gasteiger partial charge in [0.05, 0.1) is 14.2 Å². The molecule has 2 N–H and O–H groups in total. The molecule has 13 heteroatoms. The number of alkyl carbamates (subject to hydrolysis) is 2. The van der Waals surface area contributed by atoms with E-state index >= 15 is 0 Å². The summed E-state index contributed by atoms with van der Waals surface area (Å²) in [5, 5.41) is 5.76. The summed E-state index contributed by atoms with van der Waals surface area (Å²) < 4.78 is 35.7. The van der Waals surface area contributed by atoms with Gasteiger partial charge in [-0.2, -0.15) is 0 Å². The van der Waals surface area contributed by atoms with Crippen molar-refractivity contribution < 1.29 is 38.0 Å². The number of nitrogens with zero attached hydrogens (tertiary/aromatic N) is 3. The van der Waals surface area contributed by atoms with Crippen molar-refractivity contribution >= 4 is 23.6 Å². The van der Waals surface area contributed by atoms with Gasteiger partial charge in [0.1, 0.15) is 48.4 Å². The molecule has 0 bridgehead atoms. The molecule has 5 aromatic rings. The Morgan fingerprint density at radius 2 is 0.903 bits per heavy atom. The van der Waals surface area contributed by atoms with E-state index in [9.17, 15) is 9.59 Å². The maximum Gasteiger partial charge on any atom is 0.407 e. The number of ether oxygens (including phenoxy) is 6. The molecule has 2 unspecified atom stereocenters. The number of hydrogen-bond donors (Lipinski definition) is 2. The first-order chi connectivity index (χ1) is 29.8. The molecule has 0 fully saturated rings. The van der Waals surface area contributed by atoms with Crippen LogP contribution in [-0.4, -0.2) is 99.0 Å². The first-order valence-corrected chi connectivity index (χ1v) is 20.6. The number of carbonyl (C=O) groups excluding carboxylic acids is 2.